The monoisotopic (exact) mass is 246 g/mol. The van der Waals surface area contributed by atoms with Gasteiger partial charge in [0.1, 0.15) is 0 Å². The molecule has 0 spiro atoms. The molecule has 4 heteroatoms. The fourth-order valence-corrected chi connectivity index (χ4v) is 2.50. The van der Waals surface area contributed by atoms with Gasteiger partial charge in [-0.25, -0.2) is 0 Å². The lowest BCUT2D eigenvalue weighted by molar-refractivity contribution is 0.250. The number of aliphatic hydroxyl groups is 2. The Bertz CT molecular complexity index is 317. The smallest absolute Gasteiger partial charge is 0.0707 e. The van der Waals surface area contributed by atoms with Crippen molar-refractivity contribution < 1.29 is 10.2 Å². The molecule has 0 saturated carbocycles. The first-order valence-electron chi connectivity index (χ1n) is 4.81. The average Bonchev–Trinajstić information content (AvgIpc) is 2.25. The molecular weight excluding hydrogens is 232 g/mol. The van der Waals surface area contributed by atoms with Gasteiger partial charge in [0, 0.05) is 27.8 Å². The van der Waals surface area contributed by atoms with Gasteiger partial charge in [0.15, 0.2) is 0 Å². The number of rotatable bonds is 5. The highest BCUT2D eigenvalue weighted by atomic mass is 35.5. The van der Waals surface area contributed by atoms with E-state index in [9.17, 15) is 5.11 Å². The van der Waals surface area contributed by atoms with Gasteiger partial charge < -0.3 is 10.2 Å². The molecule has 0 fully saturated rings. The molecule has 0 aliphatic carbocycles. The molecular formula is C11H15ClO2S. The van der Waals surface area contributed by atoms with Crippen LogP contribution in [-0.4, -0.2) is 22.6 Å². The van der Waals surface area contributed by atoms with E-state index < -0.39 is 0 Å². The third kappa shape index (κ3) is 3.68. The lowest BCUT2D eigenvalue weighted by Crippen LogP contribution is -2.03. The molecule has 1 atom stereocenters. The highest BCUT2D eigenvalue weighted by molar-refractivity contribution is 7.99. The van der Waals surface area contributed by atoms with Crippen molar-refractivity contribution in [3.8, 4) is 0 Å². The van der Waals surface area contributed by atoms with Gasteiger partial charge >= 0.3 is 0 Å². The van der Waals surface area contributed by atoms with Crippen LogP contribution in [0.1, 0.15) is 12.5 Å². The molecule has 2 N–H and O–H groups in total. The summed E-state index contributed by atoms with van der Waals surface area (Å²) in [6.45, 7) is 2.12. The maximum Gasteiger partial charge on any atom is 0.0707 e. The maximum atomic E-state index is 9.17. The molecule has 0 aliphatic rings. The molecule has 0 heterocycles. The van der Waals surface area contributed by atoms with Crippen molar-refractivity contribution in [2.24, 2.45) is 5.92 Å². The van der Waals surface area contributed by atoms with E-state index in [1.807, 2.05) is 19.1 Å². The fourth-order valence-electron chi connectivity index (χ4n) is 1.11. The molecule has 1 aromatic carbocycles. The second kappa shape index (κ2) is 6.38. The Hall–Kier alpha value is -0.220. The van der Waals surface area contributed by atoms with Gasteiger partial charge in [-0.3, -0.25) is 0 Å². The second-order valence-corrected chi connectivity index (χ2v) is 4.94. The minimum absolute atomic E-state index is 0.0461. The Balaban J connectivity index is 2.72. The summed E-state index contributed by atoms with van der Waals surface area (Å²) < 4.78 is 0. The first-order valence-corrected chi connectivity index (χ1v) is 6.17. The van der Waals surface area contributed by atoms with E-state index in [4.69, 9.17) is 16.7 Å². The predicted octanol–water partition coefficient (Wildman–Crippen LogP) is 2.55. The summed E-state index contributed by atoms with van der Waals surface area (Å²) >= 11 is 7.57. The SMILES string of the molecule is CC(CO)CSc1cccc(Cl)c1CO. The number of thioether (sulfide) groups is 1. The molecule has 0 saturated heterocycles. The lowest BCUT2D eigenvalue weighted by atomic mass is 10.2. The summed E-state index contributed by atoms with van der Waals surface area (Å²) in [6, 6.07) is 5.58. The van der Waals surface area contributed by atoms with Gasteiger partial charge in [-0.1, -0.05) is 24.6 Å². The molecule has 0 aliphatic heterocycles. The van der Waals surface area contributed by atoms with Crippen molar-refractivity contribution in [1.82, 2.24) is 0 Å². The van der Waals surface area contributed by atoms with Crippen molar-refractivity contribution in [1.29, 1.82) is 0 Å². The summed E-state index contributed by atoms with van der Waals surface area (Å²) in [5.74, 6) is 1.07. The van der Waals surface area contributed by atoms with Crippen molar-refractivity contribution in [3.63, 3.8) is 0 Å². The molecule has 1 aromatic rings. The average molecular weight is 247 g/mol. The lowest BCUT2D eigenvalue weighted by Gasteiger charge is -2.11. The molecule has 2 nitrogen and oxygen atoms in total. The summed E-state index contributed by atoms with van der Waals surface area (Å²) in [6.07, 6.45) is 0. The second-order valence-electron chi connectivity index (χ2n) is 3.47. The molecule has 0 bridgehead atoms. The van der Waals surface area contributed by atoms with Crippen LogP contribution in [0.2, 0.25) is 5.02 Å². The van der Waals surface area contributed by atoms with E-state index in [0.717, 1.165) is 16.2 Å². The van der Waals surface area contributed by atoms with E-state index in [1.54, 1.807) is 17.8 Å². The molecule has 0 aromatic heterocycles. The molecule has 1 rings (SSSR count). The minimum Gasteiger partial charge on any atom is -0.396 e. The zero-order valence-corrected chi connectivity index (χ0v) is 10.2. The van der Waals surface area contributed by atoms with E-state index in [-0.39, 0.29) is 19.1 Å². The zero-order chi connectivity index (χ0) is 11.3. The molecule has 0 radical (unpaired) electrons. The first kappa shape index (κ1) is 12.8. The van der Waals surface area contributed by atoms with Crippen molar-refractivity contribution >= 4 is 23.4 Å². The van der Waals surface area contributed by atoms with Gasteiger partial charge in [-0.15, -0.1) is 11.8 Å². The van der Waals surface area contributed by atoms with Crippen LogP contribution < -0.4 is 0 Å². The third-order valence-corrected chi connectivity index (χ3v) is 3.85. The summed E-state index contributed by atoms with van der Waals surface area (Å²) in [4.78, 5) is 0.991. The van der Waals surface area contributed by atoms with Crippen LogP contribution in [0, 0.1) is 5.92 Å². The number of halogens is 1. The van der Waals surface area contributed by atoms with Crippen LogP contribution in [-0.2, 0) is 6.61 Å². The number of benzene rings is 1. The van der Waals surface area contributed by atoms with Crippen molar-refractivity contribution in [2.45, 2.75) is 18.4 Å². The van der Waals surface area contributed by atoms with Crippen molar-refractivity contribution in [2.75, 3.05) is 12.4 Å². The van der Waals surface area contributed by atoms with Crippen LogP contribution in [0.5, 0.6) is 0 Å². The van der Waals surface area contributed by atoms with Gasteiger partial charge in [0.05, 0.1) is 6.61 Å². The molecule has 0 amide bonds. The van der Waals surface area contributed by atoms with Crippen LogP contribution >= 0.6 is 23.4 Å². The minimum atomic E-state index is -0.0461. The Kier molecular flexibility index (Phi) is 5.47. The van der Waals surface area contributed by atoms with E-state index in [1.165, 1.54) is 0 Å². The van der Waals surface area contributed by atoms with E-state index in [2.05, 4.69) is 0 Å². The van der Waals surface area contributed by atoms with Gasteiger partial charge in [-0.2, -0.15) is 0 Å². The third-order valence-electron chi connectivity index (χ3n) is 2.07. The largest absolute Gasteiger partial charge is 0.396 e. The highest BCUT2D eigenvalue weighted by Crippen LogP contribution is 2.29. The highest BCUT2D eigenvalue weighted by Gasteiger charge is 2.08. The van der Waals surface area contributed by atoms with Gasteiger partial charge in [0.2, 0.25) is 0 Å². The maximum absolute atomic E-state index is 9.17. The Morgan fingerprint density at radius 2 is 2.13 bits per heavy atom. The van der Waals surface area contributed by atoms with Crippen molar-refractivity contribution in [3.05, 3.63) is 28.8 Å². The topological polar surface area (TPSA) is 40.5 Å². The van der Waals surface area contributed by atoms with Crippen LogP contribution in [0.15, 0.2) is 23.1 Å². The van der Waals surface area contributed by atoms with E-state index in [0.29, 0.717) is 5.02 Å². The number of hydrogen-bond donors (Lipinski definition) is 2. The standard InChI is InChI=1S/C11H15ClO2S/c1-8(5-13)7-15-11-4-2-3-10(12)9(11)6-14/h2-4,8,13-14H,5-7H2,1H3. The Labute approximate surface area is 99.3 Å². The summed E-state index contributed by atoms with van der Waals surface area (Å²) in [7, 11) is 0. The normalized spacial score (nSPS) is 12.8. The number of hydrogen-bond acceptors (Lipinski definition) is 3. The van der Waals surface area contributed by atoms with E-state index >= 15 is 0 Å². The van der Waals surface area contributed by atoms with Crippen LogP contribution in [0.3, 0.4) is 0 Å². The van der Waals surface area contributed by atoms with Crippen LogP contribution in [0.4, 0.5) is 0 Å². The molecule has 15 heavy (non-hydrogen) atoms. The Morgan fingerprint density at radius 3 is 2.73 bits per heavy atom. The molecule has 84 valence electrons. The fraction of sp³-hybridized carbons (Fsp3) is 0.455. The predicted molar refractivity (Wildman–Crippen MR) is 64.3 cm³/mol. The quantitative estimate of drug-likeness (QED) is 0.785. The number of aliphatic hydroxyl groups excluding tert-OH is 2. The molecule has 1 unspecified atom stereocenters. The van der Waals surface area contributed by atoms with Gasteiger partial charge in [-0.05, 0) is 18.1 Å². The van der Waals surface area contributed by atoms with Crippen LogP contribution in [0.25, 0.3) is 0 Å². The zero-order valence-electron chi connectivity index (χ0n) is 8.61. The summed E-state index contributed by atoms with van der Waals surface area (Å²) in [5.41, 5.74) is 0.773. The van der Waals surface area contributed by atoms with Gasteiger partial charge in [0.25, 0.3) is 0 Å². The first-order chi connectivity index (χ1) is 7.19. The Morgan fingerprint density at radius 1 is 1.40 bits per heavy atom. The summed E-state index contributed by atoms with van der Waals surface area (Å²) in [5, 5.41) is 18.7.